The molecule has 0 amide bonds. The van der Waals surface area contributed by atoms with Crippen molar-refractivity contribution >= 4 is 60.9 Å². The monoisotopic (exact) mass is 501 g/mol. The van der Waals surface area contributed by atoms with Gasteiger partial charge in [-0.05, 0) is 71.8 Å². The van der Waals surface area contributed by atoms with Crippen molar-refractivity contribution < 1.29 is 8.83 Å². The van der Waals surface area contributed by atoms with Gasteiger partial charge in [-0.2, -0.15) is 0 Å². The molecule has 3 nitrogen and oxygen atoms in total. The zero-order valence-corrected chi connectivity index (χ0v) is 21.0. The van der Waals surface area contributed by atoms with Crippen LogP contribution in [-0.4, -0.2) is 0 Å². The van der Waals surface area contributed by atoms with Crippen LogP contribution in [0, 0.1) is 0 Å². The first-order valence-corrected chi connectivity index (χ1v) is 13.1. The molecule has 2 aromatic heterocycles. The third kappa shape index (κ3) is 3.52. The predicted molar refractivity (Wildman–Crippen MR) is 161 cm³/mol. The van der Waals surface area contributed by atoms with Gasteiger partial charge in [-0.15, -0.1) is 0 Å². The van der Waals surface area contributed by atoms with E-state index in [1.165, 1.54) is 0 Å². The summed E-state index contributed by atoms with van der Waals surface area (Å²) < 4.78 is 12.4. The first-order valence-electron chi connectivity index (χ1n) is 13.1. The van der Waals surface area contributed by atoms with Crippen molar-refractivity contribution in [2.45, 2.75) is 0 Å². The second-order valence-electron chi connectivity index (χ2n) is 9.78. The van der Waals surface area contributed by atoms with Gasteiger partial charge >= 0.3 is 0 Å². The van der Waals surface area contributed by atoms with E-state index in [1.54, 1.807) is 0 Å². The molecule has 0 unspecified atom stereocenters. The molecule has 184 valence electrons. The van der Waals surface area contributed by atoms with E-state index in [0.717, 1.165) is 72.1 Å². The van der Waals surface area contributed by atoms with Gasteiger partial charge in [0.05, 0.1) is 11.1 Å². The highest BCUT2D eigenvalue weighted by atomic mass is 16.3. The van der Waals surface area contributed by atoms with E-state index in [9.17, 15) is 0 Å². The standard InChI is InChI=1S/C36H23NO2/c1-2-11-26(12-3-1)37(31-16-9-19-34-36(31)30-15-5-7-18-33(30)38-34)27-13-8-10-24(22-27)25-20-21-29-28-14-4-6-17-32(28)39-35(29)23-25/h1-23H. The third-order valence-corrected chi connectivity index (χ3v) is 7.45. The lowest BCUT2D eigenvalue weighted by molar-refractivity contribution is 0.668. The molecule has 0 radical (unpaired) electrons. The molecule has 0 atom stereocenters. The lowest BCUT2D eigenvalue weighted by Crippen LogP contribution is -2.10. The number of benzene rings is 6. The largest absolute Gasteiger partial charge is 0.456 e. The SMILES string of the molecule is c1ccc(N(c2cccc(-c3ccc4c(c3)oc3ccccc34)c2)c2cccc3oc4ccccc4c23)cc1. The van der Waals surface area contributed by atoms with Crippen LogP contribution in [0.2, 0.25) is 0 Å². The maximum absolute atomic E-state index is 6.24. The Morgan fingerprint density at radius 1 is 0.385 bits per heavy atom. The average molecular weight is 502 g/mol. The predicted octanol–water partition coefficient (Wildman–Crippen LogP) is 10.6. The topological polar surface area (TPSA) is 29.5 Å². The van der Waals surface area contributed by atoms with Crippen molar-refractivity contribution in [3.05, 3.63) is 140 Å². The normalized spacial score (nSPS) is 11.6. The average Bonchev–Trinajstić information content (AvgIpc) is 3.56. The Bertz CT molecular complexity index is 2140. The summed E-state index contributed by atoms with van der Waals surface area (Å²) in [5.41, 5.74) is 9.04. The molecule has 3 heteroatoms. The zero-order chi connectivity index (χ0) is 25.8. The minimum absolute atomic E-state index is 0.876. The Morgan fingerprint density at radius 2 is 1.00 bits per heavy atom. The minimum atomic E-state index is 0.876. The second-order valence-corrected chi connectivity index (χ2v) is 9.78. The smallest absolute Gasteiger partial charge is 0.137 e. The Labute approximate surface area is 225 Å². The van der Waals surface area contributed by atoms with Crippen LogP contribution in [0.1, 0.15) is 0 Å². The number of fused-ring (bicyclic) bond motifs is 6. The number of rotatable bonds is 4. The second kappa shape index (κ2) is 8.64. The van der Waals surface area contributed by atoms with Gasteiger partial charge in [0, 0.05) is 27.5 Å². The fraction of sp³-hybridized carbons (Fsp3) is 0. The molecule has 2 heterocycles. The maximum atomic E-state index is 6.24. The number of anilines is 3. The number of hydrogen-bond donors (Lipinski definition) is 0. The Hall–Kier alpha value is -5.28. The van der Waals surface area contributed by atoms with Crippen LogP contribution in [0.3, 0.4) is 0 Å². The van der Waals surface area contributed by atoms with Gasteiger partial charge in [0.25, 0.3) is 0 Å². The quantitative estimate of drug-likeness (QED) is 0.240. The van der Waals surface area contributed by atoms with E-state index in [0.29, 0.717) is 0 Å². The fourth-order valence-electron chi connectivity index (χ4n) is 5.68. The van der Waals surface area contributed by atoms with Gasteiger partial charge < -0.3 is 13.7 Å². The Morgan fingerprint density at radius 3 is 1.87 bits per heavy atom. The van der Waals surface area contributed by atoms with Crippen molar-refractivity contribution in [3.8, 4) is 11.1 Å². The van der Waals surface area contributed by atoms with Crippen LogP contribution in [0.15, 0.2) is 148 Å². The summed E-state index contributed by atoms with van der Waals surface area (Å²) in [5.74, 6) is 0. The van der Waals surface area contributed by atoms with Crippen LogP contribution in [0.25, 0.3) is 55.0 Å². The van der Waals surface area contributed by atoms with E-state index < -0.39 is 0 Å². The Balaban J connectivity index is 1.32. The molecule has 0 N–H and O–H groups in total. The highest BCUT2D eigenvalue weighted by molar-refractivity contribution is 6.13. The fourth-order valence-corrected chi connectivity index (χ4v) is 5.68. The molecule has 0 aliphatic carbocycles. The number of furan rings is 2. The molecule has 8 rings (SSSR count). The lowest BCUT2D eigenvalue weighted by atomic mass is 10.0. The van der Waals surface area contributed by atoms with Crippen LogP contribution >= 0.6 is 0 Å². The van der Waals surface area contributed by atoms with E-state index in [-0.39, 0.29) is 0 Å². The highest BCUT2D eigenvalue weighted by Gasteiger charge is 2.19. The van der Waals surface area contributed by atoms with Crippen LogP contribution < -0.4 is 4.90 Å². The van der Waals surface area contributed by atoms with Crippen molar-refractivity contribution in [3.63, 3.8) is 0 Å². The minimum Gasteiger partial charge on any atom is -0.456 e. The van der Waals surface area contributed by atoms with E-state index in [4.69, 9.17) is 8.83 Å². The molecule has 39 heavy (non-hydrogen) atoms. The van der Waals surface area contributed by atoms with Gasteiger partial charge in [-0.3, -0.25) is 0 Å². The summed E-state index contributed by atoms with van der Waals surface area (Å²) in [6.07, 6.45) is 0. The molecule has 0 saturated heterocycles. The van der Waals surface area contributed by atoms with Gasteiger partial charge in [-0.25, -0.2) is 0 Å². The summed E-state index contributed by atoms with van der Waals surface area (Å²) in [6, 6.07) is 48.4. The summed E-state index contributed by atoms with van der Waals surface area (Å²) >= 11 is 0. The van der Waals surface area contributed by atoms with Crippen LogP contribution in [0.4, 0.5) is 17.1 Å². The summed E-state index contributed by atoms with van der Waals surface area (Å²) in [5, 5.41) is 4.49. The first-order chi connectivity index (χ1) is 19.3. The van der Waals surface area contributed by atoms with Crippen molar-refractivity contribution in [1.29, 1.82) is 0 Å². The van der Waals surface area contributed by atoms with Crippen molar-refractivity contribution in [2.75, 3.05) is 4.90 Å². The number of nitrogens with zero attached hydrogens (tertiary/aromatic N) is 1. The third-order valence-electron chi connectivity index (χ3n) is 7.45. The van der Waals surface area contributed by atoms with E-state index >= 15 is 0 Å². The molecular formula is C36H23NO2. The summed E-state index contributed by atoms with van der Waals surface area (Å²) in [6.45, 7) is 0. The van der Waals surface area contributed by atoms with Gasteiger partial charge in [0.15, 0.2) is 0 Å². The molecule has 0 aliphatic heterocycles. The van der Waals surface area contributed by atoms with Crippen LogP contribution in [-0.2, 0) is 0 Å². The first kappa shape index (κ1) is 21.8. The molecule has 0 fully saturated rings. The molecule has 0 bridgehead atoms. The van der Waals surface area contributed by atoms with Gasteiger partial charge in [0.1, 0.15) is 22.3 Å². The molecule has 0 saturated carbocycles. The lowest BCUT2D eigenvalue weighted by Gasteiger charge is -2.26. The van der Waals surface area contributed by atoms with Crippen molar-refractivity contribution in [2.24, 2.45) is 0 Å². The maximum Gasteiger partial charge on any atom is 0.137 e. The van der Waals surface area contributed by atoms with Gasteiger partial charge in [0.2, 0.25) is 0 Å². The zero-order valence-electron chi connectivity index (χ0n) is 21.0. The molecule has 0 spiro atoms. The van der Waals surface area contributed by atoms with Crippen LogP contribution in [0.5, 0.6) is 0 Å². The molecule has 8 aromatic rings. The molecule has 6 aromatic carbocycles. The summed E-state index contributed by atoms with van der Waals surface area (Å²) in [7, 11) is 0. The van der Waals surface area contributed by atoms with Gasteiger partial charge in [-0.1, -0.05) is 78.9 Å². The highest BCUT2D eigenvalue weighted by Crippen LogP contribution is 2.43. The molecular weight excluding hydrogens is 478 g/mol. The van der Waals surface area contributed by atoms with E-state index in [1.807, 2.05) is 30.3 Å². The van der Waals surface area contributed by atoms with E-state index in [2.05, 4.69) is 114 Å². The number of para-hydroxylation sites is 3. The molecule has 0 aliphatic rings. The summed E-state index contributed by atoms with van der Waals surface area (Å²) in [4.78, 5) is 2.31. The van der Waals surface area contributed by atoms with Crippen molar-refractivity contribution in [1.82, 2.24) is 0 Å². The Kier molecular flexibility index (Phi) is 4.82. The number of hydrogen-bond acceptors (Lipinski definition) is 3.